The first kappa shape index (κ1) is 36.5. The first-order chi connectivity index (χ1) is 24.0. The van der Waals surface area contributed by atoms with Gasteiger partial charge in [-0.2, -0.15) is 0 Å². The highest BCUT2D eigenvalue weighted by molar-refractivity contribution is 8.02. The molecule has 0 bridgehead atoms. The van der Waals surface area contributed by atoms with E-state index < -0.39 is 0 Å². The molecule has 2 unspecified atom stereocenters. The Bertz CT molecular complexity index is 1960. The van der Waals surface area contributed by atoms with Gasteiger partial charge >= 0.3 is 0 Å². The Morgan fingerprint density at radius 1 is 0.898 bits per heavy atom. The van der Waals surface area contributed by atoms with Crippen LogP contribution >= 0.6 is 11.8 Å². The summed E-state index contributed by atoms with van der Waals surface area (Å²) in [5, 5.41) is 2.28. The first-order valence-electron chi connectivity index (χ1n) is 17.0. The molecule has 0 aromatic heterocycles. The maximum absolute atomic E-state index is 3.47. The molecule has 0 spiro atoms. The number of benzene rings is 1. The van der Waals surface area contributed by atoms with Gasteiger partial charge in [0, 0.05) is 29.1 Å². The smallest absolute Gasteiger partial charge is 0.103 e. The Kier molecular flexibility index (Phi) is 14.5. The zero-order chi connectivity index (χ0) is 34.8. The van der Waals surface area contributed by atoms with Crippen LogP contribution in [0.15, 0.2) is 208 Å². The van der Waals surface area contributed by atoms with Gasteiger partial charge in [-0.25, -0.2) is 0 Å². The highest BCUT2D eigenvalue weighted by Crippen LogP contribution is 2.34. The average molecular weight is 659 g/mol. The SMILES string of the molecule is CC.CCC(C)/C=C\C=C(/C)N(C1=C=C/C=C\C=C=C1)C1C=CC(C2=C=CC=C=C(N(C3=CC=CC=C=C3)c3cccc(C)c3)/C=C\2)=CS1. The summed E-state index contributed by atoms with van der Waals surface area (Å²) in [6.07, 6.45) is 40.2. The highest BCUT2D eigenvalue weighted by atomic mass is 32.2. The minimum Gasteiger partial charge on any atom is -0.322 e. The third-order valence-corrected chi connectivity index (χ3v) is 8.81. The van der Waals surface area contributed by atoms with E-state index in [0.717, 1.165) is 46.0 Å². The summed E-state index contributed by atoms with van der Waals surface area (Å²) in [6, 6.07) is 8.52. The molecular formula is C46H46N2S. The molecule has 246 valence electrons. The second kappa shape index (κ2) is 19.5. The van der Waals surface area contributed by atoms with Crippen molar-refractivity contribution in [3.8, 4) is 0 Å². The van der Waals surface area contributed by atoms with Crippen molar-refractivity contribution in [3.05, 3.63) is 213 Å². The normalized spacial score (nSPS) is 19.6. The van der Waals surface area contributed by atoms with Crippen LogP contribution in [-0.2, 0) is 0 Å². The molecule has 0 saturated heterocycles. The van der Waals surface area contributed by atoms with E-state index in [1.807, 2.05) is 80.7 Å². The summed E-state index contributed by atoms with van der Waals surface area (Å²) in [5.41, 5.74) is 25.3. The molecule has 0 radical (unpaired) electrons. The Labute approximate surface area is 298 Å². The van der Waals surface area contributed by atoms with Gasteiger partial charge < -0.3 is 9.80 Å². The predicted molar refractivity (Wildman–Crippen MR) is 213 cm³/mol. The van der Waals surface area contributed by atoms with Crippen molar-refractivity contribution in [2.24, 2.45) is 5.92 Å². The second-order valence-corrected chi connectivity index (χ2v) is 12.3. The predicted octanol–water partition coefficient (Wildman–Crippen LogP) is 12.3. The summed E-state index contributed by atoms with van der Waals surface area (Å²) < 4.78 is 0. The number of thioether (sulfide) groups is 1. The molecule has 1 aromatic rings. The van der Waals surface area contributed by atoms with Crippen molar-refractivity contribution < 1.29 is 0 Å². The number of anilines is 1. The van der Waals surface area contributed by atoms with Crippen LogP contribution in [0.3, 0.4) is 0 Å². The maximum Gasteiger partial charge on any atom is 0.103 e. The lowest BCUT2D eigenvalue weighted by Crippen LogP contribution is -2.29. The zero-order valence-electron chi connectivity index (χ0n) is 29.5. The number of hydrogen-bond acceptors (Lipinski definition) is 3. The number of nitrogens with zero attached hydrogens (tertiary/aromatic N) is 2. The van der Waals surface area contributed by atoms with E-state index in [9.17, 15) is 0 Å². The van der Waals surface area contributed by atoms with Crippen molar-refractivity contribution in [2.45, 2.75) is 53.3 Å². The van der Waals surface area contributed by atoms with Gasteiger partial charge in [-0.15, -0.1) is 29.0 Å². The largest absolute Gasteiger partial charge is 0.322 e. The zero-order valence-corrected chi connectivity index (χ0v) is 30.3. The molecule has 3 heteroatoms. The van der Waals surface area contributed by atoms with E-state index in [0.29, 0.717) is 5.92 Å². The summed E-state index contributed by atoms with van der Waals surface area (Å²) in [7, 11) is 0. The van der Waals surface area contributed by atoms with E-state index in [1.54, 1.807) is 11.8 Å². The molecule has 2 nitrogen and oxygen atoms in total. The molecule has 49 heavy (non-hydrogen) atoms. The molecule has 4 aliphatic rings. The summed E-state index contributed by atoms with van der Waals surface area (Å²) in [5.74, 6) is 0.539. The molecule has 5 rings (SSSR count). The van der Waals surface area contributed by atoms with Crippen LogP contribution in [0.5, 0.6) is 0 Å². The lowest BCUT2D eigenvalue weighted by Gasteiger charge is -2.32. The summed E-state index contributed by atoms with van der Waals surface area (Å²) >= 11 is 1.77. The van der Waals surface area contributed by atoms with E-state index >= 15 is 0 Å². The standard InChI is InChI=1S/C44H40N2S.C2H6/c1-5-35(2)19-17-21-37(4)45(40-23-11-7-6-8-12-24-40)44-32-30-39(34-47-44)38-22-15-16-27-42(31-29-38)46(41-25-13-9-10-14-26-41)43-28-18-20-36(3)33-43;1-2/h6-11,13,15-21,24-26,28-35,44H,5H2,1-4H3;1-2H3/b7-6-,19-17-,31-29-,37-21+;. The third kappa shape index (κ3) is 10.6. The van der Waals surface area contributed by atoms with Crippen molar-refractivity contribution in [1.29, 1.82) is 0 Å². The van der Waals surface area contributed by atoms with Crippen molar-refractivity contribution >= 4 is 17.4 Å². The van der Waals surface area contributed by atoms with Crippen LogP contribution in [0.4, 0.5) is 5.69 Å². The fourth-order valence-corrected chi connectivity index (χ4v) is 6.13. The molecule has 0 saturated carbocycles. The Hall–Kier alpha value is -5.31. The molecule has 0 amide bonds. The molecule has 1 aromatic carbocycles. The molecule has 3 aliphatic carbocycles. The van der Waals surface area contributed by atoms with Crippen LogP contribution in [0.25, 0.3) is 0 Å². The molecule has 1 aliphatic heterocycles. The van der Waals surface area contributed by atoms with Crippen molar-refractivity contribution in [3.63, 3.8) is 0 Å². The fraction of sp³-hybridized carbons (Fsp3) is 0.196. The molecule has 1 heterocycles. The van der Waals surface area contributed by atoms with Gasteiger partial charge in [-0.1, -0.05) is 106 Å². The average Bonchev–Trinajstić information content (AvgIpc) is 3.38. The quantitative estimate of drug-likeness (QED) is 0.182. The summed E-state index contributed by atoms with van der Waals surface area (Å²) in [4.78, 5) is 4.52. The minimum absolute atomic E-state index is 0.0497. The number of aryl methyl sites for hydroxylation is 1. The first-order valence-corrected chi connectivity index (χ1v) is 18.0. The van der Waals surface area contributed by atoms with Crippen LogP contribution < -0.4 is 4.90 Å². The van der Waals surface area contributed by atoms with Gasteiger partial charge in [0.2, 0.25) is 0 Å². The Balaban J connectivity index is 0.00000265. The summed E-state index contributed by atoms with van der Waals surface area (Å²) in [6.45, 7) is 12.7. The molecule has 0 fully saturated rings. The van der Waals surface area contributed by atoms with Crippen LogP contribution in [0.1, 0.15) is 46.6 Å². The molecule has 0 N–H and O–H groups in total. The van der Waals surface area contributed by atoms with Crippen molar-refractivity contribution in [2.75, 3.05) is 4.90 Å². The van der Waals surface area contributed by atoms with Gasteiger partial charge in [0.1, 0.15) is 5.37 Å². The Morgan fingerprint density at radius 2 is 1.65 bits per heavy atom. The van der Waals surface area contributed by atoms with E-state index in [1.165, 1.54) is 5.56 Å². The van der Waals surface area contributed by atoms with Gasteiger partial charge in [-0.3, -0.25) is 0 Å². The molecule has 2 atom stereocenters. The second-order valence-electron chi connectivity index (χ2n) is 11.3. The highest BCUT2D eigenvalue weighted by Gasteiger charge is 2.22. The fourth-order valence-electron chi connectivity index (χ4n) is 5.07. The van der Waals surface area contributed by atoms with E-state index in [4.69, 9.17) is 0 Å². The van der Waals surface area contributed by atoms with Crippen LogP contribution in [-0.4, -0.2) is 10.3 Å². The van der Waals surface area contributed by atoms with Gasteiger partial charge in [0.05, 0.1) is 17.1 Å². The van der Waals surface area contributed by atoms with E-state index in [-0.39, 0.29) is 5.37 Å². The number of hydrogen-bond donors (Lipinski definition) is 0. The topological polar surface area (TPSA) is 6.48 Å². The van der Waals surface area contributed by atoms with Gasteiger partial charge in [0.25, 0.3) is 0 Å². The van der Waals surface area contributed by atoms with Gasteiger partial charge in [0.15, 0.2) is 0 Å². The third-order valence-electron chi connectivity index (χ3n) is 7.77. The number of rotatable bonds is 10. The maximum atomic E-state index is 3.47. The Morgan fingerprint density at radius 3 is 2.43 bits per heavy atom. The lowest BCUT2D eigenvalue weighted by molar-refractivity contribution is 0.460. The van der Waals surface area contributed by atoms with Crippen LogP contribution in [0.2, 0.25) is 0 Å². The van der Waals surface area contributed by atoms with Crippen molar-refractivity contribution in [1.82, 2.24) is 4.90 Å². The monoisotopic (exact) mass is 658 g/mol. The number of allylic oxidation sites excluding steroid dienone is 16. The minimum atomic E-state index is 0.0497. The molecular weight excluding hydrogens is 613 g/mol. The van der Waals surface area contributed by atoms with Crippen LogP contribution in [0, 0.1) is 12.8 Å². The lowest BCUT2D eigenvalue weighted by atomic mass is 10.1. The van der Waals surface area contributed by atoms with Gasteiger partial charge in [-0.05, 0) is 103 Å². The van der Waals surface area contributed by atoms with E-state index in [2.05, 4.69) is 144 Å².